The zero-order valence-corrected chi connectivity index (χ0v) is 10.6. The van der Waals surface area contributed by atoms with Gasteiger partial charge < -0.3 is 11.1 Å². The monoisotopic (exact) mass is 278 g/mol. The summed E-state index contributed by atoms with van der Waals surface area (Å²) in [5.74, 6) is 0.433. The number of nitrogens with zero attached hydrogens (tertiary/aromatic N) is 2. The Morgan fingerprint density at radius 1 is 1.22 bits per heavy atom. The Hall–Kier alpha value is -1.96. The molecule has 0 aliphatic carbocycles. The number of aromatic nitrogens is 1. The van der Waals surface area contributed by atoms with Crippen LogP contribution in [0, 0.1) is 11.3 Å². The maximum absolute atomic E-state index is 8.83. The first kappa shape index (κ1) is 12.5. The summed E-state index contributed by atoms with van der Waals surface area (Å²) in [6, 6.07) is 8.50. The Bertz CT molecular complexity index is 634. The third-order valence-electron chi connectivity index (χ3n) is 2.21. The number of nitrogens with one attached hydrogen (secondary N) is 1. The number of halogens is 2. The number of anilines is 3. The van der Waals surface area contributed by atoms with Crippen molar-refractivity contribution < 1.29 is 0 Å². The number of nitriles is 1. The third kappa shape index (κ3) is 2.65. The molecule has 0 spiro atoms. The van der Waals surface area contributed by atoms with Gasteiger partial charge in [0.2, 0.25) is 0 Å². The number of hydrogen-bond acceptors (Lipinski definition) is 4. The minimum Gasteiger partial charge on any atom is -0.397 e. The molecule has 0 aliphatic rings. The van der Waals surface area contributed by atoms with Crippen LogP contribution in [0.15, 0.2) is 30.5 Å². The molecule has 2 aromatic rings. The predicted octanol–water partition coefficient (Wildman–Crippen LogP) is 3.59. The Kier molecular flexibility index (Phi) is 3.56. The van der Waals surface area contributed by atoms with E-state index in [0.717, 1.165) is 0 Å². The lowest BCUT2D eigenvalue weighted by atomic mass is 10.2. The van der Waals surface area contributed by atoms with Gasteiger partial charge in [-0.1, -0.05) is 23.2 Å². The van der Waals surface area contributed by atoms with Crippen molar-refractivity contribution in [1.82, 2.24) is 4.98 Å². The molecule has 90 valence electrons. The highest BCUT2D eigenvalue weighted by molar-refractivity contribution is 6.34. The van der Waals surface area contributed by atoms with E-state index in [1.54, 1.807) is 24.3 Å². The van der Waals surface area contributed by atoms with Crippen LogP contribution in [0.25, 0.3) is 0 Å². The molecule has 0 atom stereocenters. The fourth-order valence-electron chi connectivity index (χ4n) is 1.36. The Labute approximate surface area is 114 Å². The van der Waals surface area contributed by atoms with Crippen molar-refractivity contribution in [2.45, 2.75) is 0 Å². The van der Waals surface area contributed by atoms with Crippen LogP contribution in [0.5, 0.6) is 0 Å². The van der Waals surface area contributed by atoms with Gasteiger partial charge in [0.25, 0.3) is 0 Å². The third-order valence-corrected chi connectivity index (χ3v) is 2.83. The van der Waals surface area contributed by atoms with Crippen molar-refractivity contribution in [3.05, 3.63) is 46.1 Å². The zero-order valence-electron chi connectivity index (χ0n) is 9.11. The number of nitrogen functional groups attached to an aromatic ring is 1. The lowest BCUT2D eigenvalue weighted by molar-refractivity contribution is 1.31. The number of hydrogen-bond donors (Lipinski definition) is 2. The Morgan fingerprint density at radius 2 is 2.00 bits per heavy atom. The molecule has 0 amide bonds. The van der Waals surface area contributed by atoms with Crippen LogP contribution in [0.1, 0.15) is 5.56 Å². The molecule has 0 saturated carbocycles. The molecule has 1 heterocycles. The molecular formula is C12H8Cl2N4. The van der Waals surface area contributed by atoms with E-state index < -0.39 is 0 Å². The van der Waals surface area contributed by atoms with E-state index >= 15 is 0 Å². The van der Waals surface area contributed by atoms with Crippen LogP contribution >= 0.6 is 23.2 Å². The first-order valence-corrected chi connectivity index (χ1v) is 5.73. The smallest absolute Gasteiger partial charge is 0.149 e. The molecule has 4 nitrogen and oxygen atoms in total. The van der Waals surface area contributed by atoms with E-state index in [-0.39, 0.29) is 0 Å². The minimum absolute atomic E-state index is 0.383. The van der Waals surface area contributed by atoms with Gasteiger partial charge in [-0.3, -0.25) is 0 Å². The van der Waals surface area contributed by atoms with Crippen molar-refractivity contribution in [1.29, 1.82) is 5.26 Å². The van der Waals surface area contributed by atoms with E-state index in [4.69, 9.17) is 34.2 Å². The number of rotatable bonds is 2. The highest BCUT2D eigenvalue weighted by atomic mass is 35.5. The van der Waals surface area contributed by atoms with Crippen molar-refractivity contribution in [2.24, 2.45) is 0 Å². The van der Waals surface area contributed by atoms with Crippen molar-refractivity contribution in [3.8, 4) is 6.07 Å². The topological polar surface area (TPSA) is 74.7 Å². The maximum atomic E-state index is 8.83. The lowest BCUT2D eigenvalue weighted by Gasteiger charge is -2.09. The fourth-order valence-corrected chi connectivity index (χ4v) is 1.75. The second-order valence-corrected chi connectivity index (χ2v) is 4.34. The highest BCUT2D eigenvalue weighted by Gasteiger charge is 2.06. The van der Waals surface area contributed by atoms with Crippen molar-refractivity contribution in [2.75, 3.05) is 11.1 Å². The summed E-state index contributed by atoms with van der Waals surface area (Å²) < 4.78 is 0. The number of pyridine rings is 1. The number of benzene rings is 1. The van der Waals surface area contributed by atoms with E-state index in [1.807, 2.05) is 6.07 Å². The molecule has 0 fully saturated rings. The second kappa shape index (κ2) is 5.13. The van der Waals surface area contributed by atoms with Gasteiger partial charge in [0, 0.05) is 0 Å². The molecule has 18 heavy (non-hydrogen) atoms. The van der Waals surface area contributed by atoms with Gasteiger partial charge in [0.15, 0.2) is 0 Å². The first-order valence-electron chi connectivity index (χ1n) is 4.98. The summed E-state index contributed by atoms with van der Waals surface area (Å²) >= 11 is 12.0. The van der Waals surface area contributed by atoms with Gasteiger partial charge in [-0.25, -0.2) is 4.98 Å². The standard InChI is InChI=1S/C12H8Cl2N4/c13-9-2-1-7(5-15)3-11(9)18-12-10(14)4-8(16)6-17-12/h1-4,6H,16H2,(H,17,18). The van der Waals surface area contributed by atoms with E-state index in [9.17, 15) is 0 Å². The molecule has 3 N–H and O–H groups in total. The van der Waals surface area contributed by atoms with Crippen LogP contribution in [0.2, 0.25) is 10.0 Å². The van der Waals surface area contributed by atoms with Crippen LogP contribution in [-0.4, -0.2) is 4.98 Å². The van der Waals surface area contributed by atoms with Gasteiger partial charge in [-0.15, -0.1) is 0 Å². The fraction of sp³-hybridized carbons (Fsp3) is 0. The Balaban J connectivity index is 2.37. The predicted molar refractivity (Wildman–Crippen MR) is 73.1 cm³/mol. The minimum atomic E-state index is 0.383. The molecule has 0 unspecified atom stereocenters. The van der Waals surface area contributed by atoms with Crippen molar-refractivity contribution in [3.63, 3.8) is 0 Å². The van der Waals surface area contributed by atoms with Crippen LogP contribution in [-0.2, 0) is 0 Å². The summed E-state index contributed by atoms with van der Waals surface area (Å²) in [4.78, 5) is 4.06. The molecule has 1 aromatic carbocycles. The highest BCUT2D eigenvalue weighted by Crippen LogP contribution is 2.29. The molecule has 2 rings (SSSR count). The second-order valence-electron chi connectivity index (χ2n) is 3.53. The van der Waals surface area contributed by atoms with Gasteiger partial charge in [-0.05, 0) is 24.3 Å². The van der Waals surface area contributed by atoms with E-state index in [2.05, 4.69) is 10.3 Å². The van der Waals surface area contributed by atoms with E-state index in [0.29, 0.717) is 32.8 Å². The van der Waals surface area contributed by atoms with E-state index in [1.165, 1.54) is 6.20 Å². The SMILES string of the molecule is N#Cc1ccc(Cl)c(Nc2ncc(N)cc2Cl)c1. The van der Waals surface area contributed by atoms with Crippen molar-refractivity contribution >= 4 is 40.4 Å². The van der Waals surface area contributed by atoms with Crippen LogP contribution in [0.3, 0.4) is 0 Å². The average Bonchev–Trinajstić information content (AvgIpc) is 2.35. The molecule has 6 heteroatoms. The summed E-state index contributed by atoms with van der Waals surface area (Å²) in [5.41, 5.74) is 7.09. The number of nitrogens with two attached hydrogens (primary N) is 1. The summed E-state index contributed by atoms with van der Waals surface area (Å²) in [7, 11) is 0. The van der Waals surface area contributed by atoms with Gasteiger partial charge in [-0.2, -0.15) is 5.26 Å². The molecule has 0 aliphatic heterocycles. The average molecular weight is 279 g/mol. The zero-order chi connectivity index (χ0) is 13.1. The normalized spacial score (nSPS) is 9.83. The summed E-state index contributed by atoms with van der Waals surface area (Å²) in [6.07, 6.45) is 1.48. The molecule has 0 radical (unpaired) electrons. The van der Waals surface area contributed by atoms with Crippen LogP contribution in [0.4, 0.5) is 17.2 Å². The largest absolute Gasteiger partial charge is 0.397 e. The molecular weight excluding hydrogens is 271 g/mol. The quantitative estimate of drug-likeness (QED) is 0.880. The van der Waals surface area contributed by atoms with Crippen LogP contribution < -0.4 is 11.1 Å². The summed E-state index contributed by atoms with van der Waals surface area (Å²) in [6.45, 7) is 0. The maximum Gasteiger partial charge on any atom is 0.149 e. The molecule has 0 bridgehead atoms. The van der Waals surface area contributed by atoms with Gasteiger partial charge in [0.1, 0.15) is 5.82 Å². The Morgan fingerprint density at radius 3 is 2.67 bits per heavy atom. The molecule has 0 saturated heterocycles. The first-order chi connectivity index (χ1) is 8.60. The molecule has 1 aromatic heterocycles. The lowest BCUT2D eigenvalue weighted by Crippen LogP contribution is -1.97. The van der Waals surface area contributed by atoms with Gasteiger partial charge >= 0.3 is 0 Å². The van der Waals surface area contributed by atoms with Gasteiger partial charge in [0.05, 0.1) is 39.2 Å². The summed E-state index contributed by atoms with van der Waals surface area (Å²) in [5, 5.41) is 12.7.